The molecular formula is C12H24N2O2. The number of amides is 1. The lowest BCUT2D eigenvalue weighted by atomic mass is 9.82. The molecule has 4 nitrogen and oxygen atoms in total. The van der Waals surface area contributed by atoms with E-state index < -0.39 is 5.60 Å². The van der Waals surface area contributed by atoms with Crippen LogP contribution >= 0.6 is 0 Å². The van der Waals surface area contributed by atoms with Crippen LogP contribution in [-0.4, -0.2) is 31.3 Å². The van der Waals surface area contributed by atoms with Gasteiger partial charge in [-0.15, -0.1) is 0 Å². The highest BCUT2D eigenvalue weighted by Gasteiger charge is 2.34. The molecule has 1 fully saturated rings. The van der Waals surface area contributed by atoms with Crippen LogP contribution in [0.5, 0.6) is 0 Å². The Balaban J connectivity index is 2.32. The Morgan fingerprint density at radius 2 is 2.12 bits per heavy atom. The second kappa shape index (κ2) is 4.62. The summed E-state index contributed by atoms with van der Waals surface area (Å²) >= 11 is 0. The lowest BCUT2D eigenvalue weighted by molar-refractivity contribution is 0.0511. The van der Waals surface area contributed by atoms with E-state index in [1.807, 2.05) is 20.8 Å². The highest BCUT2D eigenvalue weighted by molar-refractivity contribution is 5.67. The second-order valence-corrected chi connectivity index (χ2v) is 6.20. The Morgan fingerprint density at radius 3 is 2.56 bits per heavy atom. The molecule has 1 aliphatic rings. The molecule has 0 saturated carbocycles. The standard InChI is InChI=1S/C12H24N2O2/c1-11(2,3)16-10(15)14-7-9-6-13-8-12(9,4)5/h9,13H,6-8H2,1-5H3,(H,14,15). The van der Waals surface area contributed by atoms with Crippen LogP contribution in [0.3, 0.4) is 0 Å². The molecule has 1 unspecified atom stereocenters. The molecule has 0 aliphatic carbocycles. The number of carbonyl (C=O) groups is 1. The molecule has 0 aromatic rings. The first-order chi connectivity index (χ1) is 7.21. The Bertz CT molecular complexity index is 256. The number of carbonyl (C=O) groups excluding carboxylic acids is 1. The Hall–Kier alpha value is -0.770. The van der Waals surface area contributed by atoms with Crippen molar-refractivity contribution in [2.75, 3.05) is 19.6 Å². The number of hydrogen-bond donors (Lipinski definition) is 2. The summed E-state index contributed by atoms with van der Waals surface area (Å²) in [4.78, 5) is 11.5. The van der Waals surface area contributed by atoms with Crippen LogP contribution in [0.15, 0.2) is 0 Å². The van der Waals surface area contributed by atoms with Crippen molar-refractivity contribution in [2.24, 2.45) is 11.3 Å². The van der Waals surface area contributed by atoms with Gasteiger partial charge in [-0.1, -0.05) is 13.8 Å². The quantitative estimate of drug-likeness (QED) is 0.757. The van der Waals surface area contributed by atoms with Gasteiger partial charge in [0.2, 0.25) is 0 Å². The van der Waals surface area contributed by atoms with Crippen molar-refractivity contribution in [1.82, 2.24) is 10.6 Å². The molecule has 1 heterocycles. The van der Waals surface area contributed by atoms with Crippen LogP contribution in [0, 0.1) is 11.3 Å². The molecule has 2 N–H and O–H groups in total. The number of ether oxygens (including phenoxy) is 1. The van der Waals surface area contributed by atoms with E-state index >= 15 is 0 Å². The maximum Gasteiger partial charge on any atom is 0.407 e. The zero-order valence-corrected chi connectivity index (χ0v) is 11.0. The minimum Gasteiger partial charge on any atom is -0.444 e. The smallest absolute Gasteiger partial charge is 0.407 e. The van der Waals surface area contributed by atoms with E-state index in [4.69, 9.17) is 4.74 Å². The number of alkyl carbamates (subject to hydrolysis) is 1. The number of hydrogen-bond acceptors (Lipinski definition) is 3. The first kappa shape index (κ1) is 13.3. The summed E-state index contributed by atoms with van der Waals surface area (Å²) < 4.78 is 5.20. The minimum absolute atomic E-state index is 0.245. The number of rotatable bonds is 2. The molecule has 0 spiro atoms. The summed E-state index contributed by atoms with van der Waals surface area (Å²) in [6, 6.07) is 0. The summed E-state index contributed by atoms with van der Waals surface area (Å²) in [6.45, 7) is 12.7. The van der Waals surface area contributed by atoms with E-state index in [1.54, 1.807) is 0 Å². The average molecular weight is 228 g/mol. The van der Waals surface area contributed by atoms with E-state index in [9.17, 15) is 4.79 Å². The van der Waals surface area contributed by atoms with Crippen molar-refractivity contribution in [3.05, 3.63) is 0 Å². The molecule has 1 atom stereocenters. The summed E-state index contributed by atoms with van der Waals surface area (Å²) in [5, 5.41) is 6.18. The fourth-order valence-electron chi connectivity index (χ4n) is 1.86. The molecule has 1 rings (SSSR count). The van der Waals surface area contributed by atoms with Gasteiger partial charge in [0.1, 0.15) is 5.60 Å². The molecular weight excluding hydrogens is 204 g/mol. The SMILES string of the molecule is CC(C)(C)OC(=O)NCC1CNCC1(C)C. The van der Waals surface area contributed by atoms with Gasteiger partial charge in [0.05, 0.1) is 0 Å². The van der Waals surface area contributed by atoms with Crippen molar-refractivity contribution in [1.29, 1.82) is 0 Å². The Morgan fingerprint density at radius 1 is 1.50 bits per heavy atom. The predicted octanol–water partition coefficient (Wildman–Crippen LogP) is 1.76. The van der Waals surface area contributed by atoms with Crippen molar-refractivity contribution in [2.45, 2.75) is 40.2 Å². The highest BCUT2D eigenvalue weighted by atomic mass is 16.6. The van der Waals surface area contributed by atoms with E-state index in [0.29, 0.717) is 12.5 Å². The third-order valence-corrected chi connectivity index (χ3v) is 2.97. The lowest BCUT2D eigenvalue weighted by Gasteiger charge is -2.26. The summed E-state index contributed by atoms with van der Waals surface area (Å²) in [5.74, 6) is 0.472. The second-order valence-electron chi connectivity index (χ2n) is 6.20. The molecule has 1 saturated heterocycles. The van der Waals surface area contributed by atoms with E-state index in [1.165, 1.54) is 0 Å². The topological polar surface area (TPSA) is 50.4 Å². The summed E-state index contributed by atoms with van der Waals surface area (Å²) in [5.41, 5.74) is -0.178. The fourth-order valence-corrected chi connectivity index (χ4v) is 1.86. The van der Waals surface area contributed by atoms with Gasteiger partial charge in [0.15, 0.2) is 0 Å². The Labute approximate surface area is 98.1 Å². The molecule has 0 radical (unpaired) electrons. The van der Waals surface area contributed by atoms with Crippen molar-refractivity contribution >= 4 is 6.09 Å². The van der Waals surface area contributed by atoms with Crippen LogP contribution < -0.4 is 10.6 Å². The molecule has 0 bridgehead atoms. The van der Waals surface area contributed by atoms with Crippen LogP contribution in [0.4, 0.5) is 4.79 Å². The average Bonchev–Trinajstić information content (AvgIpc) is 2.38. The minimum atomic E-state index is -0.423. The maximum atomic E-state index is 11.5. The fraction of sp³-hybridized carbons (Fsp3) is 0.917. The highest BCUT2D eigenvalue weighted by Crippen LogP contribution is 2.29. The molecule has 0 aromatic heterocycles. The molecule has 1 aliphatic heterocycles. The van der Waals surface area contributed by atoms with Gasteiger partial charge >= 0.3 is 6.09 Å². The van der Waals surface area contributed by atoms with E-state index in [-0.39, 0.29) is 11.5 Å². The third kappa shape index (κ3) is 4.00. The van der Waals surface area contributed by atoms with E-state index in [2.05, 4.69) is 24.5 Å². The molecule has 16 heavy (non-hydrogen) atoms. The number of nitrogens with one attached hydrogen (secondary N) is 2. The van der Waals surface area contributed by atoms with Crippen LogP contribution in [-0.2, 0) is 4.74 Å². The molecule has 1 amide bonds. The maximum absolute atomic E-state index is 11.5. The van der Waals surface area contributed by atoms with Crippen LogP contribution in [0.25, 0.3) is 0 Å². The summed E-state index contributed by atoms with van der Waals surface area (Å²) in [6.07, 6.45) is -0.324. The van der Waals surface area contributed by atoms with E-state index in [0.717, 1.165) is 13.1 Å². The van der Waals surface area contributed by atoms with Gasteiger partial charge in [-0.05, 0) is 32.1 Å². The normalized spacial score (nSPS) is 24.2. The van der Waals surface area contributed by atoms with Crippen LogP contribution in [0.1, 0.15) is 34.6 Å². The van der Waals surface area contributed by atoms with Crippen LogP contribution in [0.2, 0.25) is 0 Å². The molecule has 4 heteroatoms. The van der Waals surface area contributed by atoms with Gasteiger partial charge < -0.3 is 15.4 Å². The van der Waals surface area contributed by atoms with Gasteiger partial charge in [-0.3, -0.25) is 0 Å². The molecule has 0 aromatic carbocycles. The first-order valence-corrected chi connectivity index (χ1v) is 5.88. The first-order valence-electron chi connectivity index (χ1n) is 5.88. The van der Waals surface area contributed by atoms with Crippen molar-refractivity contribution in [3.8, 4) is 0 Å². The van der Waals surface area contributed by atoms with Crippen molar-refractivity contribution < 1.29 is 9.53 Å². The predicted molar refractivity (Wildman–Crippen MR) is 64.4 cm³/mol. The van der Waals surface area contributed by atoms with Gasteiger partial charge in [0, 0.05) is 19.6 Å². The molecule has 94 valence electrons. The van der Waals surface area contributed by atoms with Crippen molar-refractivity contribution in [3.63, 3.8) is 0 Å². The lowest BCUT2D eigenvalue weighted by Crippen LogP contribution is -2.38. The van der Waals surface area contributed by atoms with Gasteiger partial charge in [-0.25, -0.2) is 4.79 Å². The Kier molecular flexibility index (Phi) is 3.84. The summed E-state index contributed by atoms with van der Waals surface area (Å²) in [7, 11) is 0. The third-order valence-electron chi connectivity index (χ3n) is 2.97. The zero-order valence-electron chi connectivity index (χ0n) is 11.0. The van der Waals surface area contributed by atoms with Gasteiger partial charge in [0.25, 0.3) is 0 Å². The monoisotopic (exact) mass is 228 g/mol. The van der Waals surface area contributed by atoms with Gasteiger partial charge in [-0.2, -0.15) is 0 Å². The largest absolute Gasteiger partial charge is 0.444 e. The zero-order chi connectivity index (χ0) is 12.4.